The molecule has 1 aliphatic rings. The Morgan fingerprint density at radius 3 is 2.54 bits per heavy atom. The molecule has 0 atom stereocenters. The maximum absolute atomic E-state index is 13.2. The number of aryl methyl sites for hydroxylation is 3. The Balaban J connectivity index is 1.57. The van der Waals surface area contributed by atoms with Gasteiger partial charge in [-0.3, -0.25) is 14.6 Å². The molecule has 28 heavy (non-hydrogen) atoms. The fourth-order valence-electron chi connectivity index (χ4n) is 3.61. The number of nitrogens with one attached hydrogen (secondary N) is 1. The molecule has 0 unspecified atom stereocenters. The molecule has 1 fully saturated rings. The molecule has 1 amide bonds. The second-order valence-electron chi connectivity index (χ2n) is 7.65. The number of carbonyl (C=O) groups is 1. The summed E-state index contributed by atoms with van der Waals surface area (Å²) in [7, 11) is 1.94. The maximum Gasteiger partial charge on any atom is 0.272 e. The second-order valence-corrected chi connectivity index (χ2v) is 7.65. The van der Waals surface area contributed by atoms with Crippen molar-refractivity contribution in [2.75, 3.05) is 0 Å². The normalized spacial score (nSPS) is 13.7. The lowest BCUT2D eigenvalue weighted by Gasteiger charge is -2.22. The Hall–Kier alpha value is -2.89. The first kappa shape index (κ1) is 18.5. The van der Waals surface area contributed by atoms with E-state index in [1.165, 1.54) is 5.56 Å². The summed E-state index contributed by atoms with van der Waals surface area (Å²) in [5.41, 5.74) is 6.88. The molecule has 146 valence electrons. The van der Waals surface area contributed by atoms with Gasteiger partial charge in [0, 0.05) is 36.5 Å². The molecule has 6 nitrogen and oxygen atoms in total. The number of H-pyrrole nitrogens is 1. The number of aromatic amines is 1. The summed E-state index contributed by atoms with van der Waals surface area (Å²) in [6.45, 7) is 6.79. The van der Waals surface area contributed by atoms with E-state index < -0.39 is 0 Å². The Morgan fingerprint density at radius 2 is 1.96 bits per heavy atom. The Kier molecular flexibility index (Phi) is 4.79. The zero-order valence-corrected chi connectivity index (χ0v) is 17.0. The molecule has 1 aliphatic carbocycles. The van der Waals surface area contributed by atoms with E-state index in [2.05, 4.69) is 53.4 Å². The Labute approximate surface area is 165 Å². The predicted octanol–water partition coefficient (Wildman–Crippen LogP) is 3.79. The quantitative estimate of drug-likeness (QED) is 0.711. The Bertz CT molecular complexity index is 995. The SMILES string of the molecule is CCc1ccc(-c2cc(C(=O)N(Cc3c(C)nn(C)c3C)C3CC3)[nH]n2)cc1. The van der Waals surface area contributed by atoms with Crippen LogP contribution in [0.4, 0.5) is 0 Å². The molecular formula is C22H27N5O. The summed E-state index contributed by atoms with van der Waals surface area (Å²) in [5, 5.41) is 11.8. The van der Waals surface area contributed by atoms with Crippen molar-refractivity contribution in [1.82, 2.24) is 24.9 Å². The monoisotopic (exact) mass is 377 g/mol. The van der Waals surface area contributed by atoms with Gasteiger partial charge in [0.15, 0.2) is 0 Å². The van der Waals surface area contributed by atoms with E-state index in [0.717, 1.165) is 47.5 Å². The molecule has 1 aromatic carbocycles. The van der Waals surface area contributed by atoms with Crippen LogP contribution in [-0.4, -0.2) is 36.8 Å². The van der Waals surface area contributed by atoms with Crippen LogP contribution in [0.25, 0.3) is 11.3 Å². The van der Waals surface area contributed by atoms with E-state index in [4.69, 9.17) is 0 Å². The molecule has 2 heterocycles. The molecule has 4 rings (SSSR count). The van der Waals surface area contributed by atoms with Crippen molar-refractivity contribution in [3.8, 4) is 11.3 Å². The number of carbonyl (C=O) groups excluding carboxylic acids is 1. The number of rotatable bonds is 6. The zero-order valence-electron chi connectivity index (χ0n) is 17.0. The number of amides is 1. The van der Waals surface area contributed by atoms with Gasteiger partial charge >= 0.3 is 0 Å². The predicted molar refractivity (Wildman–Crippen MR) is 109 cm³/mol. The van der Waals surface area contributed by atoms with Crippen molar-refractivity contribution in [2.45, 2.75) is 52.6 Å². The van der Waals surface area contributed by atoms with Crippen LogP contribution < -0.4 is 0 Å². The van der Waals surface area contributed by atoms with Gasteiger partial charge in [0.2, 0.25) is 0 Å². The van der Waals surface area contributed by atoms with Gasteiger partial charge in [0.25, 0.3) is 5.91 Å². The molecular weight excluding hydrogens is 350 g/mol. The molecule has 0 bridgehead atoms. The van der Waals surface area contributed by atoms with Crippen LogP contribution in [0.3, 0.4) is 0 Å². The van der Waals surface area contributed by atoms with Crippen LogP contribution in [0.1, 0.15) is 52.8 Å². The average Bonchev–Trinajstić information content (AvgIpc) is 3.36. The van der Waals surface area contributed by atoms with E-state index in [-0.39, 0.29) is 5.91 Å². The highest BCUT2D eigenvalue weighted by Gasteiger charge is 2.34. The number of aromatic nitrogens is 4. The van der Waals surface area contributed by atoms with Gasteiger partial charge in [-0.15, -0.1) is 0 Å². The van der Waals surface area contributed by atoms with Crippen molar-refractivity contribution < 1.29 is 4.79 Å². The molecule has 6 heteroatoms. The van der Waals surface area contributed by atoms with Crippen LogP contribution >= 0.6 is 0 Å². The third-order valence-electron chi connectivity index (χ3n) is 5.70. The first-order valence-corrected chi connectivity index (χ1v) is 9.92. The highest BCUT2D eigenvalue weighted by atomic mass is 16.2. The molecule has 1 N–H and O–H groups in total. The lowest BCUT2D eigenvalue weighted by Crippen LogP contribution is -2.33. The number of hydrogen-bond acceptors (Lipinski definition) is 3. The molecule has 0 saturated heterocycles. The van der Waals surface area contributed by atoms with Crippen molar-refractivity contribution in [1.29, 1.82) is 0 Å². The molecule has 1 saturated carbocycles. The van der Waals surface area contributed by atoms with Gasteiger partial charge in [-0.2, -0.15) is 10.2 Å². The number of nitrogens with zero attached hydrogens (tertiary/aromatic N) is 4. The van der Waals surface area contributed by atoms with Crippen LogP contribution in [0.2, 0.25) is 0 Å². The highest BCUT2D eigenvalue weighted by Crippen LogP contribution is 2.31. The van der Waals surface area contributed by atoms with E-state index in [1.807, 2.05) is 29.6 Å². The first-order valence-electron chi connectivity index (χ1n) is 9.92. The summed E-state index contributed by atoms with van der Waals surface area (Å²) in [6, 6.07) is 10.5. The lowest BCUT2D eigenvalue weighted by atomic mass is 10.1. The molecule has 0 spiro atoms. The van der Waals surface area contributed by atoms with Crippen molar-refractivity contribution in [3.63, 3.8) is 0 Å². The van der Waals surface area contributed by atoms with Gasteiger partial charge in [0.1, 0.15) is 5.69 Å². The summed E-state index contributed by atoms with van der Waals surface area (Å²) < 4.78 is 1.88. The van der Waals surface area contributed by atoms with Crippen LogP contribution in [0, 0.1) is 13.8 Å². The van der Waals surface area contributed by atoms with Crippen molar-refractivity contribution in [3.05, 3.63) is 58.5 Å². The van der Waals surface area contributed by atoms with Crippen LogP contribution in [0.15, 0.2) is 30.3 Å². The van der Waals surface area contributed by atoms with Gasteiger partial charge in [-0.25, -0.2) is 0 Å². The van der Waals surface area contributed by atoms with E-state index in [9.17, 15) is 4.79 Å². The average molecular weight is 377 g/mol. The summed E-state index contributed by atoms with van der Waals surface area (Å²) >= 11 is 0. The highest BCUT2D eigenvalue weighted by molar-refractivity contribution is 5.93. The van der Waals surface area contributed by atoms with Gasteiger partial charge < -0.3 is 4.90 Å². The fourth-order valence-corrected chi connectivity index (χ4v) is 3.61. The van der Waals surface area contributed by atoms with Crippen LogP contribution in [-0.2, 0) is 20.0 Å². The summed E-state index contributed by atoms with van der Waals surface area (Å²) in [6.07, 6.45) is 3.13. The third-order valence-corrected chi connectivity index (χ3v) is 5.70. The van der Waals surface area contributed by atoms with Gasteiger partial charge in [0.05, 0.1) is 11.4 Å². The molecule has 0 radical (unpaired) electrons. The fraction of sp³-hybridized carbons (Fsp3) is 0.409. The van der Waals surface area contributed by atoms with E-state index >= 15 is 0 Å². The number of hydrogen-bond donors (Lipinski definition) is 1. The summed E-state index contributed by atoms with van der Waals surface area (Å²) in [5.74, 6) is 0.00841. The minimum absolute atomic E-state index is 0.00841. The minimum atomic E-state index is 0.00841. The molecule has 3 aromatic rings. The number of benzene rings is 1. The van der Waals surface area contributed by atoms with Crippen LogP contribution in [0.5, 0.6) is 0 Å². The molecule has 0 aliphatic heterocycles. The Morgan fingerprint density at radius 1 is 1.25 bits per heavy atom. The summed E-state index contributed by atoms with van der Waals surface area (Å²) in [4.78, 5) is 15.2. The second kappa shape index (κ2) is 7.26. The smallest absolute Gasteiger partial charge is 0.272 e. The third kappa shape index (κ3) is 3.46. The topological polar surface area (TPSA) is 66.8 Å². The lowest BCUT2D eigenvalue weighted by molar-refractivity contribution is 0.0723. The standard InChI is InChI=1S/C22H27N5O/c1-5-16-6-8-17(9-7-16)20-12-21(24-23-20)22(28)27(18-10-11-18)13-19-14(2)25-26(4)15(19)3/h6-9,12,18H,5,10-11,13H2,1-4H3,(H,23,24). The first-order chi connectivity index (χ1) is 13.5. The van der Waals surface area contributed by atoms with Gasteiger partial charge in [-0.05, 0) is 44.7 Å². The largest absolute Gasteiger partial charge is 0.330 e. The maximum atomic E-state index is 13.2. The van der Waals surface area contributed by atoms with E-state index in [1.54, 1.807) is 0 Å². The minimum Gasteiger partial charge on any atom is -0.330 e. The molecule has 2 aromatic heterocycles. The van der Waals surface area contributed by atoms with Gasteiger partial charge in [-0.1, -0.05) is 31.2 Å². The van der Waals surface area contributed by atoms with E-state index in [0.29, 0.717) is 18.3 Å². The zero-order chi connectivity index (χ0) is 19.8. The van der Waals surface area contributed by atoms with Crippen molar-refractivity contribution >= 4 is 5.91 Å². The van der Waals surface area contributed by atoms with Crippen molar-refractivity contribution in [2.24, 2.45) is 7.05 Å².